The zero-order chi connectivity index (χ0) is 13.0. The van der Waals surface area contributed by atoms with Crippen LogP contribution in [0.25, 0.3) is 0 Å². The number of aryl methyl sites for hydroxylation is 1. The average molecular weight is 241 g/mol. The Balaban J connectivity index is 2.19. The number of Topliss-reactive ketones (excluding diaryl/α,β-unsaturated/α-hetero) is 1. The third kappa shape index (κ3) is 2.74. The van der Waals surface area contributed by atoms with Gasteiger partial charge in [-0.1, -0.05) is 6.07 Å². The van der Waals surface area contributed by atoms with Crippen LogP contribution in [0.5, 0.6) is 5.75 Å². The third-order valence-electron chi connectivity index (χ3n) is 2.82. The van der Waals surface area contributed by atoms with Crippen molar-refractivity contribution in [2.75, 3.05) is 7.11 Å². The van der Waals surface area contributed by atoms with Crippen LogP contribution in [0.15, 0.2) is 42.7 Å². The normalized spacial score (nSPS) is 10.1. The van der Waals surface area contributed by atoms with E-state index in [1.807, 2.05) is 37.3 Å². The average Bonchev–Trinajstić information content (AvgIpc) is 2.39. The number of carbonyl (C=O) groups is 1. The molecule has 0 fully saturated rings. The molecule has 2 rings (SSSR count). The molecule has 1 aromatic carbocycles. The van der Waals surface area contributed by atoms with Crippen molar-refractivity contribution in [2.45, 2.75) is 13.3 Å². The van der Waals surface area contributed by atoms with E-state index >= 15 is 0 Å². The summed E-state index contributed by atoms with van der Waals surface area (Å²) in [6.45, 7) is 1.92. The summed E-state index contributed by atoms with van der Waals surface area (Å²) in [6.07, 6.45) is 3.80. The molecule has 0 aliphatic carbocycles. The zero-order valence-electron chi connectivity index (χ0n) is 10.5. The van der Waals surface area contributed by atoms with Crippen molar-refractivity contribution in [1.29, 1.82) is 0 Å². The maximum absolute atomic E-state index is 12.2. The standard InChI is InChI=1S/C15H15NO2/c1-11-8-13(18-2)5-6-14(11)15(17)9-12-4-3-7-16-10-12/h3-8,10H,9H2,1-2H3. The Morgan fingerprint density at radius 2 is 2.17 bits per heavy atom. The molecule has 3 nitrogen and oxygen atoms in total. The molecule has 0 atom stereocenters. The van der Waals surface area contributed by atoms with Crippen LogP contribution in [0.4, 0.5) is 0 Å². The van der Waals surface area contributed by atoms with Crippen LogP contribution in [-0.2, 0) is 6.42 Å². The fourth-order valence-electron chi connectivity index (χ4n) is 1.86. The Bertz CT molecular complexity index is 550. The monoisotopic (exact) mass is 241 g/mol. The molecular weight excluding hydrogens is 226 g/mol. The number of carbonyl (C=O) groups excluding carboxylic acids is 1. The van der Waals surface area contributed by atoms with Gasteiger partial charge in [-0.25, -0.2) is 0 Å². The lowest BCUT2D eigenvalue weighted by atomic mass is 10.00. The summed E-state index contributed by atoms with van der Waals surface area (Å²) in [5, 5.41) is 0. The number of pyridine rings is 1. The Labute approximate surface area is 106 Å². The van der Waals surface area contributed by atoms with Gasteiger partial charge in [0.1, 0.15) is 5.75 Å². The van der Waals surface area contributed by atoms with Gasteiger partial charge in [0, 0.05) is 24.4 Å². The second kappa shape index (κ2) is 5.45. The molecule has 0 aliphatic heterocycles. The summed E-state index contributed by atoms with van der Waals surface area (Å²) in [5.41, 5.74) is 2.60. The van der Waals surface area contributed by atoms with Crippen LogP contribution in [0, 0.1) is 6.92 Å². The van der Waals surface area contributed by atoms with Crippen molar-refractivity contribution in [2.24, 2.45) is 0 Å². The van der Waals surface area contributed by atoms with Crippen LogP contribution in [0.1, 0.15) is 21.5 Å². The Morgan fingerprint density at radius 3 is 2.78 bits per heavy atom. The van der Waals surface area contributed by atoms with Crippen molar-refractivity contribution >= 4 is 5.78 Å². The van der Waals surface area contributed by atoms with Gasteiger partial charge >= 0.3 is 0 Å². The molecular formula is C15H15NO2. The fourth-order valence-corrected chi connectivity index (χ4v) is 1.86. The third-order valence-corrected chi connectivity index (χ3v) is 2.82. The lowest BCUT2D eigenvalue weighted by Crippen LogP contribution is -2.06. The molecule has 0 radical (unpaired) electrons. The second-order valence-electron chi connectivity index (χ2n) is 4.14. The van der Waals surface area contributed by atoms with Gasteiger partial charge in [0.2, 0.25) is 0 Å². The van der Waals surface area contributed by atoms with E-state index in [2.05, 4.69) is 4.98 Å². The fraction of sp³-hybridized carbons (Fsp3) is 0.200. The minimum Gasteiger partial charge on any atom is -0.497 e. The van der Waals surface area contributed by atoms with Gasteiger partial charge < -0.3 is 4.74 Å². The minimum absolute atomic E-state index is 0.100. The topological polar surface area (TPSA) is 39.2 Å². The predicted octanol–water partition coefficient (Wildman–Crippen LogP) is 2.82. The number of hydrogen-bond acceptors (Lipinski definition) is 3. The summed E-state index contributed by atoms with van der Waals surface area (Å²) in [4.78, 5) is 16.2. The summed E-state index contributed by atoms with van der Waals surface area (Å²) in [5.74, 6) is 0.869. The molecule has 3 heteroatoms. The van der Waals surface area contributed by atoms with Crippen LogP contribution >= 0.6 is 0 Å². The molecule has 0 amide bonds. The summed E-state index contributed by atoms with van der Waals surface area (Å²) >= 11 is 0. The van der Waals surface area contributed by atoms with E-state index in [4.69, 9.17) is 4.74 Å². The number of aromatic nitrogens is 1. The SMILES string of the molecule is COc1ccc(C(=O)Cc2cccnc2)c(C)c1. The molecule has 0 unspecified atom stereocenters. The van der Waals surface area contributed by atoms with Gasteiger partial charge in [0.25, 0.3) is 0 Å². The van der Waals surface area contributed by atoms with Crippen molar-refractivity contribution in [3.63, 3.8) is 0 Å². The highest BCUT2D eigenvalue weighted by Crippen LogP contribution is 2.18. The van der Waals surface area contributed by atoms with E-state index in [9.17, 15) is 4.79 Å². The molecule has 0 saturated heterocycles. The Kier molecular flexibility index (Phi) is 3.72. The number of methoxy groups -OCH3 is 1. The highest BCUT2D eigenvalue weighted by Gasteiger charge is 2.10. The van der Waals surface area contributed by atoms with Gasteiger partial charge in [0.05, 0.1) is 7.11 Å². The Hall–Kier alpha value is -2.16. The smallest absolute Gasteiger partial charge is 0.167 e. The van der Waals surface area contributed by atoms with Gasteiger partial charge in [-0.3, -0.25) is 9.78 Å². The molecule has 0 aliphatic rings. The van der Waals surface area contributed by atoms with E-state index in [1.54, 1.807) is 19.5 Å². The first-order chi connectivity index (χ1) is 8.70. The maximum atomic E-state index is 12.2. The van der Waals surface area contributed by atoms with Crippen LogP contribution in [0.3, 0.4) is 0 Å². The summed E-state index contributed by atoms with van der Waals surface area (Å²) in [7, 11) is 1.62. The summed E-state index contributed by atoms with van der Waals surface area (Å²) < 4.78 is 5.13. The number of benzene rings is 1. The lowest BCUT2D eigenvalue weighted by molar-refractivity contribution is 0.0992. The number of hydrogen-bond donors (Lipinski definition) is 0. The van der Waals surface area contributed by atoms with E-state index in [0.29, 0.717) is 6.42 Å². The predicted molar refractivity (Wildman–Crippen MR) is 70.0 cm³/mol. The first kappa shape index (κ1) is 12.3. The van der Waals surface area contributed by atoms with Crippen molar-refractivity contribution in [1.82, 2.24) is 4.98 Å². The van der Waals surface area contributed by atoms with E-state index in [0.717, 1.165) is 22.4 Å². The van der Waals surface area contributed by atoms with Gasteiger partial charge in [-0.2, -0.15) is 0 Å². The number of ketones is 1. The lowest BCUT2D eigenvalue weighted by Gasteiger charge is -2.07. The largest absolute Gasteiger partial charge is 0.497 e. The molecule has 0 spiro atoms. The van der Waals surface area contributed by atoms with Crippen LogP contribution < -0.4 is 4.74 Å². The van der Waals surface area contributed by atoms with E-state index < -0.39 is 0 Å². The van der Waals surface area contributed by atoms with Crippen molar-refractivity contribution in [3.8, 4) is 5.75 Å². The van der Waals surface area contributed by atoms with Crippen LogP contribution in [0.2, 0.25) is 0 Å². The quantitative estimate of drug-likeness (QED) is 0.773. The van der Waals surface area contributed by atoms with E-state index in [-0.39, 0.29) is 5.78 Å². The highest BCUT2D eigenvalue weighted by atomic mass is 16.5. The van der Waals surface area contributed by atoms with Gasteiger partial charge in [-0.15, -0.1) is 0 Å². The molecule has 1 heterocycles. The van der Waals surface area contributed by atoms with Gasteiger partial charge in [0.15, 0.2) is 5.78 Å². The molecule has 0 bridgehead atoms. The first-order valence-corrected chi connectivity index (χ1v) is 5.77. The molecule has 0 N–H and O–H groups in total. The zero-order valence-corrected chi connectivity index (χ0v) is 10.5. The molecule has 2 aromatic rings. The molecule has 92 valence electrons. The van der Waals surface area contributed by atoms with Crippen molar-refractivity contribution in [3.05, 3.63) is 59.4 Å². The van der Waals surface area contributed by atoms with Gasteiger partial charge in [-0.05, 0) is 42.3 Å². The highest BCUT2D eigenvalue weighted by molar-refractivity contribution is 5.98. The number of ether oxygens (including phenoxy) is 1. The first-order valence-electron chi connectivity index (χ1n) is 5.77. The maximum Gasteiger partial charge on any atom is 0.167 e. The second-order valence-corrected chi connectivity index (χ2v) is 4.14. The summed E-state index contributed by atoms with van der Waals surface area (Å²) in [6, 6.07) is 9.24. The van der Waals surface area contributed by atoms with Crippen LogP contribution in [-0.4, -0.2) is 17.9 Å². The minimum atomic E-state index is 0.100. The molecule has 1 aromatic heterocycles. The Morgan fingerprint density at radius 1 is 1.33 bits per heavy atom. The molecule has 18 heavy (non-hydrogen) atoms. The van der Waals surface area contributed by atoms with Crippen molar-refractivity contribution < 1.29 is 9.53 Å². The number of rotatable bonds is 4. The van der Waals surface area contributed by atoms with E-state index in [1.165, 1.54) is 0 Å². The number of nitrogens with zero attached hydrogens (tertiary/aromatic N) is 1. The molecule has 0 saturated carbocycles.